The summed E-state index contributed by atoms with van der Waals surface area (Å²) < 4.78 is 2.53. The zero-order valence-electron chi connectivity index (χ0n) is 17.0. The van der Waals surface area contributed by atoms with Crippen LogP contribution < -0.4 is 0 Å². The number of fused-ring (bicyclic) bond motifs is 7. The van der Waals surface area contributed by atoms with Crippen LogP contribution in [0.15, 0.2) is 30.5 Å². The Morgan fingerprint density at radius 1 is 1.11 bits per heavy atom. The van der Waals surface area contributed by atoms with Crippen LogP contribution in [0.1, 0.15) is 58.9 Å². The first-order valence-corrected chi connectivity index (χ1v) is 10.6. The summed E-state index contributed by atoms with van der Waals surface area (Å²) in [5, 5.41) is 1.46. The summed E-state index contributed by atoms with van der Waals surface area (Å²) in [5.41, 5.74) is 11.2. The highest BCUT2D eigenvalue weighted by atomic mass is 15.2. The molecule has 1 fully saturated rings. The van der Waals surface area contributed by atoms with Gasteiger partial charge in [-0.15, -0.1) is 0 Å². The van der Waals surface area contributed by atoms with Crippen molar-refractivity contribution in [3.05, 3.63) is 64.1 Å². The number of nitrogens with zero attached hydrogens (tertiary/aromatic N) is 3. The van der Waals surface area contributed by atoms with Gasteiger partial charge in [-0.2, -0.15) is 0 Å². The first-order valence-electron chi connectivity index (χ1n) is 10.6. The van der Waals surface area contributed by atoms with E-state index in [0.29, 0.717) is 12.1 Å². The highest BCUT2D eigenvalue weighted by Gasteiger charge is 2.40. The molecule has 28 heavy (non-hydrogen) atoms. The molecule has 4 heterocycles. The van der Waals surface area contributed by atoms with E-state index in [4.69, 9.17) is 0 Å². The van der Waals surface area contributed by atoms with Crippen LogP contribution in [0.5, 0.6) is 0 Å². The van der Waals surface area contributed by atoms with Crippen molar-refractivity contribution in [2.45, 2.75) is 58.0 Å². The molecule has 1 aromatic carbocycles. The van der Waals surface area contributed by atoms with Crippen LogP contribution in [0, 0.1) is 13.8 Å². The second kappa shape index (κ2) is 5.81. The first kappa shape index (κ1) is 16.6. The van der Waals surface area contributed by atoms with E-state index in [1.54, 1.807) is 11.3 Å². The highest BCUT2D eigenvalue weighted by Crippen LogP contribution is 2.47. The summed E-state index contributed by atoms with van der Waals surface area (Å²) in [7, 11) is 2.32. The van der Waals surface area contributed by atoms with Crippen molar-refractivity contribution in [2.24, 2.45) is 0 Å². The van der Waals surface area contributed by atoms with E-state index in [0.717, 1.165) is 18.5 Å². The van der Waals surface area contributed by atoms with E-state index in [-0.39, 0.29) is 0 Å². The molecule has 0 saturated carbocycles. The van der Waals surface area contributed by atoms with E-state index in [1.165, 1.54) is 52.4 Å². The summed E-state index contributed by atoms with van der Waals surface area (Å²) >= 11 is 0. The van der Waals surface area contributed by atoms with Crippen LogP contribution in [0.2, 0.25) is 0 Å². The molecule has 1 aliphatic carbocycles. The van der Waals surface area contributed by atoms with Gasteiger partial charge in [0.05, 0.1) is 5.52 Å². The highest BCUT2D eigenvalue weighted by molar-refractivity contribution is 5.92. The fourth-order valence-corrected chi connectivity index (χ4v) is 5.87. The van der Waals surface area contributed by atoms with Crippen molar-refractivity contribution < 1.29 is 0 Å². The van der Waals surface area contributed by atoms with Crippen molar-refractivity contribution in [3.63, 3.8) is 0 Å². The Kier molecular flexibility index (Phi) is 3.43. The van der Waals surface area contributed by atoms with Gasteiger partial charge in [-0.25, -0.2) is 0 Å². The van der Waals surface area contributed by atoms with Gasteiger partial charge in [-0.3, -0.25) is 9.88 Å². The Morgan fingerprint density at radius 2 is 2.00 bits per heavy atom. The number of benzene rings is 1. The molecule has 2 aromatic heterocycles. The standard InChI is InChI=1S/C25H27N3/c1-15-4-8-22-20(10-15)25-23-9-7-19(27(23)3)12-24(25)28(22)14-18-6-5-17-11-16(2)26-13-21(17)18/h4,8,10-11,13-14,19,23H,5-7,9,12H2,1-3H3/b18-14+. The molecule has 142 valence electrons. The maximum absolute atomic E-state index is 4.58. The Labute approximate surface area is 166 Å². The third-order valence-corrected chi connectivity index (χ3v) is 7.33. The minimum atomic E-state index is 0.581. The van der Waals surface area contributed by atoms with Crippen LogP contribution in [-0.2, 0) is 12.8 Å². The zero-order valence-corrected chi connectivity index (χ0v) is 17.0. The number of aromatic nitrogens is 2. The summed E-state index contributed by atoms with van der Waals surface area (Å²) in [6, 6.07) is 10.5. The van der Waals surface area contributed by atoms with Gasteiger partial charge < -0.3 is 4.57 Å². The first-order chi connectivity index (χ1) is 13.6. The van der Waals surface area contributed by atoms with E-state index in [9.17, 15) is 0 Å². The summed E-state index contributed by atoms with van der Waals surface area (Å²) in [6.07, 6.45) is 10.6. The smallest absolute Gasteiger partial charge is 0.0529 e. The van der Waals surface area contributed by atoms with Crippen molar-refractivity contribution in [1.29, 1.82) is 0 Å². The normalized spacial score (nSPS) is 24.9. The Hall–Kier alpha value is -2.39. The number of hydrogen-bond donors (Lipinski definition) is 0. The molecule has 0 amide bonds. The van der Waals surface area contributed by atoms with Crippen molar-refractivity contribution >= 4 is 22.7 Å². The Morgan fingerprint density at radius 3 is 2.89 bits per heavy atom. The molecular formula is C25H27N3. The van der Waals surface area contributed by atoms with Crippen molar-refractivity contribution in [1.82, 2.24) is 14.5 Å². The lowest BCUT2D eigenvalue weighted by Crippen LogP contribution is -2.34. The van der Waals surface area contributed by atoms with Gasteiger partial charge >= 0.3 is 0 Å². The molecule has 0 spiro atoms. The molecule has 6 rings (SSSR count). The molecule has 0 N–H and O–H groups in total. The lowest BCUT2D eigenvalue weighted by Gasteiger charge is -2.32. The van der Waals surface area contributed by atoms with Gasteiger partial charge in [-0.05, 0) is 81.5 Å². The SMILES string of the molecule is Cc1ccc2c(c1)c1c(n2/C=C2\CCc3cc(C)ncc32)CC2CCC1N2C. The van der Waals surface area contributed by atoms with Crippen molar-refractivity contribution in [3.8, 4) is 0 Å². The topological polar surface area (TPSA) is 21.1 Å². The molecule has 3 heteroatoms. The fraction of sp³-hybridized carbons (Fsp3) is 0.400. The minimum absolute atomic E-state index is 0.581. The second-order valence-electron chi connectivity index (χ2n) is 9.00. The molecule has 3 aromatic rings. The lowest BCUT2D eigenvalue weighted by molar-refractivity contribution is 0.223. The van der Waals surface area contributed by atoms with E-state index >= 15 is 0 Å². The number of hydrogen-bond acceptors (Lipinski definition) is 2. The van der Waals surface area contributed by atoms with Crippen molar-refractivity contribution in [2.75, 3.05) is 7.05 Å². The van der Waals surface area contributed by atoms with Gasteiger partial charge in [0.25, 0.3) is 0 Å². The zero-order chi connectivity index (χ0) is 19.0. The summed E-state index contributed by atoms with van der Waals surface area (Å²) in [4.78, 5) is 7.20. The second-order valence-corrected chi connectivity index (χ2v) is 9.00. The molecule has 3 nitrogen and oxygen atoms in total. The third kappa shape index (κ3) is 2.23. The molecule has 2 atom stereocenters. The van der Waals surface area contributed by atoms with Gasteiger partial charge in [0.2, 0.25) is 0 Å². The maximum Gasteiger partial charge on any atom is 0.0529 e. The Balaban J connectivity index is 1.59. The number of allylic oxidation sites excluding steroid dienone is 1. The largest absolute Gasteiger partial charge is 0.320 e. The van der Waals surface area contributed by atoms with E-state index in [2.05, 4.69) is 72.0 Å². The summed E-state index contributed by atoms with van der Waals surface area (Å²) in [5.74, 6) is 0. The van der Waals surface area contributed by atoms with Crippen LogP contribution in [0.25, 0.3) is 22.7 Å². The third-order valence-electron chi connectivity index (χ3n) is 7.33. The monoisotopic (exact) mass is 369 g/mol. The van der Waals surface area contributed by atoms with Gasteiger partial charge in [0.15, 0.2) is 0 Å². The Bertz CT molecular complexity index is 1150. The van der Waals surface area contributed by atoms with Crippen LogP contribution >= 0.6 is 0 Å². The van der Waals surface area contributed by atoms with Gasteiger partial charge in [-0.1, -0.05) is 11.6 Å². The van der Waals surface area contributed by atoms with Crippen LogP contribution in [0.3, 0.4) is 0 Å². The molecule has 1 saturated heterocycles. The average Bonchev–Trinajstić information content (AvgIpc) is 3.27. The van der Waals surface area contributed by atoms with E-state index in [1.807, 2.05) is 0 Å². The number of rotatable bonds is 1. The molecule has 2 bridgehead atoms. The molecule has 0 radical (unpaired) electrons. The average molecular weight is 370 g/mol. The van der Waals surface area contributed by atoms with Gasteiger partial charge in [0.1, 0.15) is 0 Å². The number of pyridine rings is 1. The molecule has 3 aliphatic rings. The van der Waals surface area contributed by atoms with E-state index < -0.39 is 0 Å². The predicted octanol–water partition coefficient (Wildman–Crippen LogP) is 5.29. The number of aryl methyl sites for hydroxylation is 3. The van der Waals surface area contributed by atoms with Gasteiger partial charge in [0, 0.05) is 53.2 Å². The van der Waals surface area contributed by atoms with Crippen LogP contribution in [0.4, 0.5) is 0 Å². The quantitative estimate of drug-likeness (QED) is 0.581. The molecular weight excluding hydrogens is 342 g/mol. The molecule has 2 unspecified atom stereocenters. The lowest BCUT2D eigenvalue weighted by atomic mass is 9.97. The predicted molar refractivity (Wildman–Crippen MR) is 115 cm³/mol. The maximum atomic E-state index is 4.58. The number of likely N-dealkylation sites (N-methyl/N-ethyl adjacent to an activating group) is 1. The van der Waals surface area contributed by atoms with Crippen LogP contribution in [-0.4, -0.2) is 27.5 Å². The minimum Gasteiger partial charge on any atom is -0.320 e. The summed E-state index contributed by atoms with van der Waals surface area (Å²) in [6.45, 7) is 4.30. The molecule has 2 aliphatic heterocycles. The fourth-order valence-electron chi connectivity index (χ4n) is 5.87.